The average molecular weight is 386 g/mol. The van der Waals surface area contributed by atoms with E-state index in [2.05, 4.69) is 0 Å². The zero-order valence-electron chi connectivity index (χ0n) is 15.5. The minimum atomic E-state index is -0.995. The van der Waals surface area contributed by atoms with Gasteiger partial charge in [0.2, 0.25) is 5.82 Å². The molecule has 0 aromatic heterocycles. The van der Waals surface area contributed by atoms with Crippen molar-refractivity contribution < 1.29 is 23.0 Å². The molecule has 0 atom stereocenters. The van der Waals surface area contributed by atoms with Crippen molar-refractivity contribution in [2.75, 3.05) is 6.61 Å². The van der Waals surface area contributed by atoms with Crippen molar-refractivity contribution in [2.45, 2.75) is 26.4 Å². The zero-order chi connectivity index (χ0) is 20.1. The van der Waals surface area contributed by atoms with E-state index in [4.69, 9.17) is 9.84 Å². The third-order valence-corrected chi connectivity index (χ3v) is 4.59. The van der Waals surface area contributed by atoms with Crippen LogP contribution in [0.2, 0.25) is 0 Å². The predicted molar refractivity (Wildman–Crippen MR) is 103 cm³/mol. The third kappa shape index (κ3) is 4.37. The van der Waals surface area contributed by atoms with E-state index in [9.17, 15) is 13.2 Å². The summed E-state index contributed by atoms with van der Waals surface area (Å²) in [5.41, 5.74) is 2.79. The first-order valence-electron chi connectivity index (χ1n) is 9.11. The number of aliphatic hydroxyl groups excluding tert-OH is 1. The first-order valence-corrected chi connectivity index (χ1v) is 9.11. The van der Waals surface area contributed by atoms with Crippen LogP contribution in [0.1, 0.15) is 23.6 Å². The van der Waals surface area contributed by atoms with Crippen LogP contribution in [0.4, 0.5) is 13.2 Å². The molecule has 0 spiro atoms. The highest BCUT2D eigenvalue weighted by molar-refractivity contribution is 5.65. The number of aliphatic hydroxyl groups is 1. The summed E-state index contributed by atoms with van der Waals surface area (Å²) in [4.78, 5) is 0. The smallest absolute Gasteiger partial charge is 0.201 e. The van der Waals surface area contributed by atoms with Crippen LogP contribution in [0.25, 0.3) is 11.1 Å². The normalized spacial score (nSPS) is 10.9. The van der Waals surface area contributed by atoms with Crippen molar-refractivity contribution >= 4 is 0 Å². The van der Waals surface area contributed by atoms with Crippen LogP contribution in [0.3, 0.4) is 0 Å². The minimum Gasteiger partial charge on any atom is -0.491 e. The molecule has 0 amide bonds. The van der Waals surface area contributed by atoms with Crippen LogP contribution in [0.5, 0.6) is 5.75 Å². The second kappa shape index (κ2) is 8.93. The molecule has 28 heavy (non-hydrogen) atoms. The maximum Gasteiger partial charge on any atom is 0.201 e. The van der Waals surface area contributed by atoms with E-state index >= 15 is 0 Å². The Morgan fingerprint density at radius 1 is 0.821 bits per heavy atom. The lowest BCUT2D eigenvalue weighted by molar-refractivity contribution is 0.281. The summed E-state index contributed by atoms with van der Waals surface area (Å²) in [5, 5.41) is 9.04. The highest BCUT2D eigenvalue weighted by atomic mass is 19.2. The zero-order valence-corrected chi connectivity index (χ0v) is 15.5. The molecule has 0 bridgehead atoms. The van der Waals surface area contributed by atoms with E-state index in [1.54, 1.807) is 31.2 Å². The van der Waals surface area contributed by atoms with E-state index < -0.39 is 11.6 Å². The fourth-order valence-electron chi connectivity index (χ4n) is 3.04. The minimum absolute atomic E-state index is 0.102. The van der Waals surface area contributed by atoms with Gasteiger partial charge in [-0.2, -0.15) is 4.39 Å². The molecule has 3 rings (SSSR count). The molecule has 0 heterocycles. The molecular formula is C23H21F3O2. The van der Waals surface area contributed by atoms with Gasteiger partial charge in [-0.1, -0.05) is 36.4 Å². The molecule has 0 aliphatic rings. The highest BCUT2D eigenvalue weighted by Crippen LogP contribution is 2.30. The number of hydrogen-bond donors (Lipinski definition) is 1. The van der Waals surface area contributed by atoms with Crippen molar-refractivity contribution in [1.29, 1.82) is 0 Å². The van der Waals surface area contributed by atoms with Crippen LogP contribution in [0, 0.1) is 17.5 Å². The van der Waals surface area contributed by atoms with Crippen molar-refractivity contribution in [2.24, 2.45) is 0 Å². The molecule has 0 fully saturated rings. The highest BCUT2D eigenvalue weighted by Gasteiger charge is 2.15. The molecule has 3 aromatic rings. The maximum absolute atomic E-state index is 14.3. The third-order valence-electron chi connectivity index (χ3n) is 4.59. The van der Waals surface area contributed by atoms with E-state index in [0.29, 0.717) is 29.5 Å². The van der Waals surface area contributed by atoms with Gasteiger partial charge >= 0.3 is 0 Å². The largest absolute Gasteiger partial charge is 0.491 e. The van der Waals surface area contributed by atoms with Crippen LogP contribution in [-0.4, -0.2) is 11.7 Å². The van der Waals surface area contributed by atoms with Gasteiger partial charge in [0.1, 0.15) is 5.82 Å². The van der Waals surface area contributed by atoms with Gasteiger partial charge in [0.15, 0.2) is 11.6 Å². The number of ether oxygens (including phenoxy) is 1. The number of hydrogen-bond acceptors (Lipinski definition) is 2. The summed E-state index contributed by atoms with van der Waals surface area (Å²) in [7, 11) is 0. The van der Waals surface area contributed by atoms with Crippen LogP contribution >= 0.6 is 0 Å². The second-order valence-corrected chi connectivity index (χ2v) is 6.45. The predicted octanol–water partition coefficient (Wildman–Crippen LogP) is 5.45. The Morgan fingerprint density at radius 2 is 1.54 bits per heavy atom. The van der Waals surface area contributed by atoms with Gasteiger partial charge in [-0.15, -0.1) is 0 Å². The molecule has 0 unspecified atom stereocenters. The number of halogens is 3. The number of rotatable bonds is 7. The molecule has 0 aliphatic carbocycles. The molecule has 0 saturated carbocycles. The second-order valence-electron chi connectivity index (χ2n) is 6.45. The number of benzene rings is 3. The fraction of sp³-hybridized carbons (Fsp3) is 0.217. The summed E-state index contributed by atoms with van der Waals surface area (Å²) in [6, 6.07) is 14.7. The summed E-state index contributed by atoms with van der Waals surface area (Å²) in [6.45, 7) is 1.77. The fourth-order valence-corrected chi connectivity index (χ4v) is 3.04. The van der Waals surface area contributed by atoms with Crippen LogP contribution in [0.15, 0.2) is 54.6 Å². The first-order chi connectivity index (χ1) is 13.5. The van der Waals surface area contributed by atoms with E-state index in [1.807, 2.05) is 12.1 Å². The number of aryl methyl sites for hydroxylation is 2. The van der Waals surface area contributed by atoms with Gasteiger partial charge in [0, 0.05) is 5.56 Å². The summed E-state index contributed by atoms with van der Waals surface area (Å²) in [6.07, 6.45) is 1.11. The monoisotopic (exact) mass is 386 g/mol. The lowest BCUT2D eigenvalue weighted by Crippen LogP contribution is -1.99. The van der Waals surface area contributed by atoms with Gasteiger partial charge in [0.25, 0.3) is 0 Å². The standard InChI is InChI=1S/C23H21F3O2/c1-2-28-21-12-11-19(22(25)23(21)26)17-7-3-15(4-8-17)5-9-18-10-6-16(14-27)13-20(18)24/h3-4,6-8,10-13,27H,2,5,9,14H2,1H3. The molecule has 5 heteroatoms. The average Bonchev–Trinajstić information content (AvgIpc) is 2.71. The van der Waals surface area contributed by atoms with E-state index in [-0.39, 0.29) is 30.3 Å². The molecular weight excluding hydrogens is 365 g/mol. The Balaban J connectivity index is 1.73. The van der Waals surface area contributed by atoms with Gasteiger partial charge in [-0.25, -0.2) is 8.78 Å². The SMILES string of the molecule is CCOc1ccc(-c2ccc(CCc3ccc(CO)cc3F)cc2)c(F)c1F. The van der Waals surface area contributed by atoms with Crippen molar-refractivity contribution in [3.05, 3.63) is 88.7 Å². The molecule has 146 valence electrons. The van der Waals surface area contributed by atoms with Crippen molar-refractivity contribution in [1.82, 2.24) is 0 Å². The molecule has 3 aromatic carbocycles. The van der Waals surface area contributed by atoms with Gasteiger partial charge in [-0.3, -0.25) is 0 Å². The lowest BCUT2D eigenvalue weighted by atomic mass is 9.99. The molecule has 0 aliphatic heterocycles. The van der Waals surface area contributed by atoms with Crippen molar-refractivity contribution in [3.8, 4) is 16.9 Å². The summed E-state index contributed by atoms with van der Waals surface area (Å²) < 4.78 is 47.5. The molecule has 1 N–H and O–H groups in total. The molecule has 0 radical (unpaired) electrons. The summed E-state index contributed by atoms with van der Waals surface area (Å²) in [5.74, 6) is -2.38. The van der Waals surface area contributed by atoms with Crippen LogP contribution in [-0.2, 0) is 19.4 Å². The topological polar surface area (TPSA) is 29.5 Å². The van der Waals surface area contributed by atoms with Crippen molar-refractivity contribution in [3.63, 3.8) is 0 Å². The Kier molecular flexibility index (Phi) is 6.37. The Bertz CT molecular complexity index is 953. The summed E-state index contributed by atoms with van der Waals surface area (Å²) >= 11 is 0. The Labute approximate surface area is 162 Å². The molecule has 0 saturated heterocycles. The van der Waals surface area contributed by atoms with Gasteiger partial charge in [-0.05, 0) is 60.2 Å². The lowest BCUT2D eigenvalue weighted by Gasteiger charge is -2.10. The van der Waals surface area contributed by atoms with Crippen LogP contribution < -0.4 is 4.74 Å². The Hall–Kier alpha value is -2.79. The maximum atomic E-state index is 14.3. The van der Waals surface area contributed by atoms with Gasteiger partial charge < -0.3 is 9.84 Å². The van der Waals surface area contributed by atoms with Gasteiger partial charge in [0.05, 0.1) is 13.2 Å². The Morgan fingerprint density at radius 3 is 2.18 bits per heavy atom. The first kappa shape index (κ1) is 20.0. The van der Waals surface area contributed by atoms with E-state index in [1.165, 1.54) is 18.2 Å². The quantitative estimate of drug-likeness (QED) is 0.585. The van der Waals surface area contributed by atoms with E-state index in [0.717, 1.165) is 5.56 Å². The molecule has 2 nitrogen and oxygen atoms in total.